The molecule has 2 N–H and O–H groups in total. The van der Waals surface area contributed by atoms with Crippen LogP contribution >= 0.6 is 0 Å². The molecule has 0 aliphatic carbocycles. The van der Waals surface area contributed by atoms with Crippen LogP contribution in [0.5, 0.6) is 0 Å². The summed E-state index contributed by atoms with van der Waals surface area (Å²) in [5.41, 5.74) is 11.1. The van der Waals surface area contributed by atoms with E-state index in [-0.39, 0.29) is 0 Å². The van der Waals surface area contributed by atoms with E-state index in [1.165, 1.54) is 5.56 Å². The molecule has 0 spiro atoms. The Hall–Kier alpha value is -2.57. The minimum atomic E-state index is 0.768. The first-order chi connectivity index (χ1) is 13.2. The second kappa shape index (κ2) is 7.98. The van der Waals surface area contributed by atoms with Gasteiger partial charge in [-0.3, -0.25) is 9.58 Å². The Labute approximate surface area is 160 Å². The van der Waals surface area contributed by atoms with Crippen molar-refractivity contribution in [1.29, 1.82) is 0 Å². The predicted octanol–water partition coefficient (Wildman–Crippen LogP) is 2.95. The molecule has 1 fully saturated rings. The van der Waals surface area contributed by atoms with E-state index in [0.29, 0.717) is 0 Å². The van der Waals surface area contributed by atoms with E-state index < -0.39 is 0 Å². The zero-order valence-corrected chi connectivity index (χ0v) is 15.8. The number of aryl methyl sites for hydroxylation is 1. The number of ether oxygens (including phenoxy) is 1. The standard InChI is InChI=1S/C21H27N5O/c1-2-26-16-20(21(23-26)17-3-5-19(22)6-4-17)18-7-8-25(15-18)10-9-24-11-13-27-14-12-24/h3-8,15-16H,2,9-14,22H2,1H3. The molecule has 0 unspecified atom stereocenters. The van der Waals surface area contributed by atoms with Gasteiger partial charge >= 0.3 is 0 Å². The molecule has 0 amide bonds. The molecule has 1 aromatic carbocycles. The van der Waals surface area contributed by atoms with Crippen LogP contribution in [0.3, 0.4) is 0 Å². The number of nitrogens with two attached hydrogens (primary N) is 1. The Balaban J connectivity index is 1.55. The summed E-state index contributed by atoms with van der Waals surface area (Å²) in [4.78, 5) is 2.46. The molecule has 1 aliphatic heterocycles. The van der Waals surface area contributed by atoms with Gasteiger partial charge in [-0.1, -0.05) is 12.1 Å². The summed E-state index contributed by atoms with van der Waals surface area (Å²) in [6.07, 6.45) is 6.51. The van der Waals surface area contributed by atoms with Crippen LogP contribution in [0.15, 0.2) is 48.9 Å². The van der Waals surface area contributed by atoms with Gasteiger partial charge in [0.25, 0.3) is 0 Å². The maximum absolute atomic E-state index is 5.84. The Morgan fingerprint density at radius 3 is 2.52 bits per heavy atom. The lowest BCUT2D eigenvalue weighted by atomic mass is 10.0. The van der Waals surface area contributed by atoms with Gasteiger partial charge in [0.2, 0.25) is 0 Å². The van der Waals surface area contributed by atoms with Crippen molar-refractivity contribution in [3.63, 3.8) is 0 Å². The van der Waals surface area contributed by atoms with Gasteiger partial charge in [0, 0.05) is 73.7 Å². The lowest BCUT2D eigenvalue weighted by Gasteiger charge is -2.26. The first-order valence-electron chi connectivity index (χ1n) is 9.62. The molecule has 4 rings (SSSR count). The Morgan fingerprint density at radius 2 is 1.78 bits per heavy atom. The van der Waals surface area contributed by atoms with Crippen LogP contribution in [0.2, 0.25) is 0 Å². The number of nitrogens with zero attached hydrogens (tertiary/aromatic N) is 4. The van der Waals surface area contributed by atoms with Crippen molar-refractivity contribution in [2.75, 3.05) is 38.6 Å². The summed E-state index contributed by atoms with van der Waals surface area (Å²) in [6.45, 7) is 8.74. The van der Waals surface area contributed by atoms with Crippen LogP contribution in [0.25, 0.3) is 22.4 Å². The van der Waals surface area contributed by atoms with E-state index in [9.17, 15) is 0 Å². The number of nitrogen functional groups attached to an aromatic ring is 1. The Morgan fingerprint density at radius 1 is 1.00 bits per heavy atom. The number of morpholine rings is 1. The van der Waals surface area contributed by atoms with E-state index in [4.69, 9.17) is 15.6 Å². The van der Waals surface area contributed by atoms with Crippen molar-refractivity contribution in [1.82, 2.24) is 19.2 Å². The second-order valence-corrected chi connectivity index (χ2v) is 6.96. The molecular formula is C21H27N5O. The highest BCUT2D eigenvalue weighted by Crippen LogP contribution is 2.31. The summed E-state index contributed by atoms with van der Waals surface area (Å²) in [5.74, 6) is 0. The minimum absolute atomic E-state index is 0.768. The first kappa shape index (κ1) is 17.8. The number of hydrogen-bond acceptors (Lipinski definition) is 4. The number of aromatic nitrogens is 3. The van der Waals surface area contributed by atoms with E-state index in [1.807, 2.05) is 28.9 Å². The molecule has 0 atom stereocenters. The summed E-state index contributed by atoms with van der Waals surface area (Å²) in [6, 6.07) is 10.1. The topological polar surface area (TPSA) is 61.2 Å². The van der Waals surface area contributed by atoms with Crippen molar-refractivity contribution >= 4 is 5.69 Å². The van der Waals surface area contributed by atoms with Crippen molar-refractivity contribution in [3.8, 4) is 22.4 Å². The van der Waals surface area contributed by atoms with Gasteiger partial charge in [-0.15, -0.1) is 0 Å². The van der Waals surface area contributed by atoms with E-state index in [0.717, 1.165) is 68.4 Å². The van der Waals surface area contributed by atoms with Crippen LogP contribution in [-0.4, -0.2) is 52.1 Å². The summed E-state index contributed by atoms with van der Waals surface area (Å²) in [5, 5.41) is 4.78. The fraction of sp³-hybridized carbons (Fsp3) is 0.381. The third kappa shape index (κ3) is 4.07. The Bertz CT molecular complexity index is 874. The maximum atomic E-state index is 5.84. The first-order valence-corrected chi connectivity index (χ1v) is 9.62. The number of hydrogen-bond donors (Lipinski definition) is 1. The lowest BCUT2D eigenvalue weighted by molar-refractivity contribution is 0.0364. The molecule has 6 heteroatoms. The largest absolute Gasteiger partial charge is 0.399 e. The van der Waals surface area contributed by atoms with Gasteiger partial charge in [-0.05, 0) is 25.1 Å². The monoisotopic (exact) mass is 365 g/mol. The Kier molecular flexibility index (Phi) is 5.27. The van der Waals surface area contributed by atoms with Crippen LogP contribution in [0.1, 0.15) is 6.92 Å². The second-order valence-electron chi connectivity index (χ2n) is 6.96. The zero-order chi connectivity index (χ0) is 18.6. The summed E-state index contributed by atoms with van der Waals surface area (Å²) in [7, 11) is 0. The van der Waals surface area contributed by atoms with E-state index in [2.05, 4.69) is 41.0 Å². The molecule has 6 nitrogen and oxygen atoms in total. The molecule has 0 radical (unpaired) electrons. The van der Waals surface area contributed by atoms with Crippen molar-refractivity contribution in [3.05, 3.63) is 48.9 Å². The normalized spacial score (nSPS) is 15.3. The third-order valence-electron chi connectivity index (χ3n) is 5.11. The van der Waals surface area contributed by atoms with Gasteiger partial charge in [-0.25, -0.2) is 0 Å². The molecule has 2 aromatic heterocycles. The highest BCUT2D eigenvalue weighted by Gasteiger charge is 2.15. The fourth-order valence-electron chi connectivity index (χ4n) is 3.47. The number of benzene rings is 1. The molecule has 3 aromatic rings. The van der Waals surface area contributed by atoms with Crippen LogP contribution in [-0.2, 0) is 17.8 Å². The molecule has 1 saturated heterocycles. The van der Waals surface area contributed by atoms with Gasteiger partial charge < -0.3 is 15.0 Å². The molecule has 0 saturated carbocycles. The highest BCUT2D eigenvalue weighted by atomic mass is 16.5. The summed E-state index contributed by atoms with van der Waals surface area (Å²) < 4.78 is 9.68. The number of rotatable bonds is 6. The zero-order valence-electron chi connectivity index (χ0n) is 15.8. The smallest absolute Gasteiger partial charge is 0.100 e. The van der Waals surface area contributed by atoms with Crippen LogP contribution in [0, 0.1) is 0 Å². The number of anilines is 1. The molecule has 27 heavy (non-hydrogen) atoms. The van der Waals surface area contributed by atoms with Crippen molar-refractivity contribution in [2.45, 2.75) is 20.0 Å². The SMILES string of the molecule is CCn1cc(-c2ccn(CCN3CCOCC3)c2)c(-c2ccc(N)cc2)n1. The molecule has 0 bridgehead atoms. The van der Waals surface area contributed by atoms with Crippen LogP contribution < -0.4 is 5.73 Å². The molecular weight excluding hydrogens is 338 g/mol. The van der Waals surface area contributed by atoms with E-state index >= 15 is 0 Å². The van der Waals surface area contributed by atoms with Gasteiger partial charge in [0.05, 0.1) is 13.2 Å². The average molecular weight is 365 g/mol. The van der Waals surface area contributed by atoms with Gasteiger partial charge in [0.1, 0.15) is 5.69 Å². The van der Waals surface area contributed by atoms with Crippen LogP contribution in [0.4, 0.5) is 5.69 Å². The quantitative estimate of drug-likeness (QED) is 0.682. The van der Waals surface area contributed by atoms with E-state index in [1.54, 1.807) is 0 Å². The van der Waals surface area contributed by atoms with Gasteiger partial charge in [-0.2, -0.15) is 5.10 Å². The minimum Gasteiger partial charge on any atom is -0.399 e. The maximum Gasteiger partial charge on any atom is 0.100 e. The van der Waals surface area contributed by atoms with Crippen molar-refractivity contribution < 1.29 is 4.74 Å². The average Bonchev–Trinajstić information content (AvgIpc) is 3.34. The molecule has 1 aliphatic rings. The lowest BCUT2D eigenvalue weighted by Crippen LogP contribution is -2.38. The highest BCUT2D eigenvalue weighted by molar-refractivity contribution is 5.80. The van der Waals surface area contributed by atoms with Crippen molar-refractivity contribution in [2.24, 2.45) is 0 Å². The molecule has 3 heterocycles. The predicted molar refractivity (Wildman–Crippen MR) is 108 cm³/mol. The fourth-order valence-corrected chi connectivity index (χ4v) is 3.47. The molecule has 142 valence electrons. The van der Waals surface area contributed by atoms with Gasteiger partial charge in [0.15, 0.2) is 0 Å². The third-order valence-corrected chi connectivity index (χ3v) is 5.11. The summed E-state index contributed by atoms with van der Waals surface area (Å²) >= 11 is 0.